The van der Waals surface area contributed by atoms with Crippen molar-refractivity contribution in [1.82, 2.24) is 5.32 Å². The molecule has 1 aromatic carbocycles. The van der Waals surface area contributed by atoms with Crippen molar-refractivity contribution < 1.29 is 14.3 Å². The molecule has 0 bridgehead atoms. The Bertz CT molecular complexity index is 461. The Morgan fingerprint density at radius 1 is 1.40 bits per heavy atom. The van der Waals surface area contributed by atoms with Crippen molar-refractivity contribution in [3.8, 4) is 0 Å². The van der Waals surface area contributed by atoms with E-state index < -0.39 is 0 Å². The number of hydrogen-bond donors (Lipinski definition) is 1. The second-order valence-corrected chi connectivity index (χ2v) is 4.84. The largest absolute Gasteiger partial charge is 0.444 e. The smallest absolute Gasteiger partial charge is 0.414 e. The van der Waals surface area contributed by atoms with Gasteiger partial charge in [0.1, 0.15) is 6.10 Å². The number of hydrogen-bond acceptors (Lipinski definition) is 3. The molecule has 20 heavy (non-hydrogen) atoms. The van der Waals surface area contributed by atoms with Gasteiger partial charge in [0, 0.05) is 25.1 Å². The number of nitrogens with one attached hydrogen (secondary N) is 1. The summed E-state index contributed by atoms with van der Waals surface area (Å²) < 4.78 is 5.31. The summed E-state index contributed by atoms with van der Waals surface area (Å²) in [6.45, 7) is 3.04. The van der Waals surface area contributed by atoms with Crippen LogP contribution in [0.4, 0.5) is 10.5 Å². The summed E-state index contributed by atoms with van der Waals surface area (Å²) in [4.78, 5) is 24.8. The summed E-state index contributed by atoms with van der Waals surface area (Å²) in [7, 11) is 0. The standard InChI is InChI=1S/C15H20N2O3/c1-2-6-14(18)16-10-9-13-11-17(15(19)20-13)12-7-4-3-5-8-12/h3-5,7-8,13H,2,6,9-11H2,1H3,(H,16,18). The summed E-state index contributed by atoms with van der Waals surface area (Å²) in [5.41, 5.74) is 0.843. The molecule has 5 nitrogen and oxygen atoms in total. The van der Waals surface area contributed by atoms with Crippen LogP contribution in [-0.2, 0) is 9.53 Å². The Balaban J connectivity index is 1.79. The molecule has 0 saturated carbocycles. The van der Waals surface area contributed by atoms with Crippen LogP contribution in [0.2, 0.25) is 0 Å². The average molecular weight is 276 g/mol. The van der Waals surface area contributed by atoms with E-state index in [1.807, 2.05) is 37.3 Å². The van der Waals surface area contributed by atoms with E-state index >= 15 is 0 Å². The lowest BCUT2D eigenvalue weighted by Crippen LogP contribution is -2.28. The highest BCUT2D eigenvalue weighted by atomic mass is 16.6. The minimum atomic E-state index is -0.318. The van der Waals surface area contributed by atoms with Crippen LogP contribution in [0, 0.1) is 0 Å². The summed E-state index contributed by atoms with van der Waals surface area (Å²) in [6, 6.07) is 9.45. The monoisotopic (exact) mass is 276 g/mol. The summed E-state index contributed by atoms with van der Waals surface area (Å²) in [5.74, 6) is 0.0525. The Kier molecular flexibility index (Phi) is 4.98. The van der Waals surface area contributed by atoms with Crippen molar-refractivity contribution in [3.05, 3.63) is 30.3 Å². The van der Waals surface area contributed by atoms with Crippen LogP contribution < -0.4 is 10.2 Å². The van der Waals surface area contributed by atoms with E-state index in [9.17, 15) is 9.59 Å². The number of benzene rings is 1. The zero-order valence-corrected chi connectivity index (χ0v) is 11.7. The lowest BCUT2D eigenvalue weighted by Gasteiger charge is -2.12. The molecule has 0 aromatic heterocycles. The molecular formula is C15H20N2O3. The maximum Gasteiger partial charge on any atom is 0.414 e. The number of carbonyl (C=O) groups excluding carboxylic acids is 2. The van der Waals surface area contributed by atoms with Crippen LogP contribution in [0.25, 0.3) is 0 Å². The van der Waals surface area contributed by atoms with E-state index in [-0.39, 0.29) is 18.1 Å². The van der Waals surface area contributed by atoms with E-state index in [1.165, 1.54) is 0 Å². The second-order valence-electron chi connectivity index (χ2n) is 4.84. The van der Waals surface area contributed by atoms with E-state index in [1.54, 1.807) is 4.90 Å². The number of rotatable bonds is 6. The highest BCUT2D eigenvalue weighted by molar-refractivity contribution is 5.89. The topological polar surface area (TPSA) is 58.6 Å². The molecule has 0 aliphatic carbocycles. The molecule has 1 fully saturated rings. The van der Waals surface area contributed by atoms with E-state index in [0.29, 0.717) is 25.9 Å². The molecule has 0 radical (unpaired) electrons. The first-order valence-corrected chi connectivity index (χ1v) is 7.00. The van der Waals surface area contributed by atoms with Crippen molar-refractivity contribution in [3.63, 3.8) is 0 Å². The Morgan fingerprint density at radius 3 is 2.85 bits per heavy atom. The predicted molar refractivity (Wildman–Crippen MR) is 76.6 cm³/mol. The zero-order valence-electron chi connectivity index (χ0n) is 11.7. The van der Waals surface area contributed by atoms with Gasteiger partial charge < -0.3 is 10.1 Å². The van der Waals surface area contributed by atoms with Crippen LogP contribution in [0.5, 0.6) is 0 Å². The van der Waals surface area contributed by atoms with Gasteiger partial charge in [0.15, 0.2) is 0 Å². The summed E-state index contributed by atoms with van der Waals surface area (Å²) in [5, 5.41) is 2.83. The molecule has 1 saturated heterocycles. The number of para-hydroxylation sites is 1. The molecule has 2 amide bonds. The Morgan fingerprint density at radius 2 is 2.15 bits per heavy atom. The molecule has 1 atom stereocenters. The van der Waals surface area contributed by atoms with Gasteiger partial charge in [-0.05, 0) is 18.6 Å². The predicted octanol–water partition coefficient (Wildman–Crippen LogP) is 2.32. The third kappa shape index (κ3) is 3.73. The normalized spacial score (nSPS) is 17.9. The molecule has 5 heteroatoms. The molecule has 1 heterocycles. The van der Waals surface area contributed by atoms with Gasteiger partial charge in [-0.15, -0.1) is 0 Å². The molecule has 1 aromatic rings. The Hall–Kier alpha value is -2.04. The lowest BCUT2D eigenvalue weighted by atomic mass is 10.2. The van der Waals surface area contributed by atoms with Gasteiger partial charge in [-0.25, -0.2) is 4.79 Å². The summed E-state index contributed by atoms with van der Waals surface area (Å²) >= 11 is 0. The van der Waals surface area contributed by atoms with Gasteiger partial charge >= 0.3 is 6.09 Å². The molecule has 1 aliphatic rings. The fourth-order valence-corrected chi connectivity index (χ4v) is 2.18. The van der Waals surface area contributed by atoms with Gasteiger partial charge in [0.2, 0.25) is 5.91 Å². The number of carbonyl (C=O) groups is 2. The van der Waals surface area contributed by atoms with Gasteiger partial charge in [-0.2, -0.15) is 0 Å². The second kappa shape index (κ2) is 6.93. The molecule has 108 valence electrons. The molecule has 1 N–H and O–H groups in total. The molecular weight excluding hydrogens is 256 g/mol. The van der Waals surface area contributed by atoms with Crippen molar-refractivity contribution in [2.45, 2.75) is 32.3 Å². The van der Waals surface area contributed by atoms with E-state index in [2.05, 4.69) is 5.32 Å². The van der Waals surface area contributed by atoms with Crippen LogP contribution in [0.1, 0.15) is 26.2 Å². The fraction of sp³-hybridized carbons (Fsp3) is 0.467. The average Bonchev–Trinajstić information content (AvgIpc) is 2.81. The van der Waals surface area contributed by atoms with Gasteiger partial charge in [-0.1, -0.05) is 25.1 Å². The van der Waals surface area contributed by atoms with Crippen LogP contribution in [0.3, 0.4) is 0 Å². The number of cyclic esters (lactones) is 1. The molecule has 1 unspecified atom stereocenters. The minimum Gasteiger partial charge on any atom is -0.444 e. The van der Waals surface area contributed by atoms with E-state index in [0.717, 1.165) is 12.1 Å². The molecule has 1 aliphatic heterocycles. The third-order valence-corrected chi connectivity index (χ3v) is 3.21. The SMILES string of the molecule is CCCC(=O)NCCC1CN(c2ccccc2)C(=O)O1. The first kappa shape index (κ1) is 14.4. The number of nitrogens with zero attached hydrogens (tertiary/aromatic N) is 1. The van der Waals surface area contributed by atoms with Gasteiger partial charge in [0.05, 0.1) is 6.54 Å². The fourth-order valence-electron chi connectivity index (χ4n) is 2.18. The third-order valence-electron chi connectivity index (χ3n) is 3.21. The number of anilines is 1. The van der Waals surface area contributed by atoms with Crippen LogP contribution in [0.15, 0.2) is 30.3 Å². The lowest BCUT2D eigenvalue weighted by molar-refractivity contribution is -0.121. The number of amides is 2. The van der Waals surface area contributed by atoms with Crippen molar-refractivity contribution >= 4 is 17.7 Å². The summed E-state index contributed by atoms with van der Waals surface area (Å²) in [6.07, 6.45) is 1.54. The maximum absolute atomic E-state index is 11.8. The number of ether oxygens (including phenoxy) is 1. The first-order valence-electron chi connectivity index (χ1n) is 7.00. The van der Waals surface area contributed by atoms with Crippen LogP contribution >= 0.6 is 0 Å². The van der Waals surface area contributed by atoms with Crippen molar-refractivity contribution in [2.24, 2.45) is 0 Å². The minimum absolute atomic E-state index is 0.0525. The van der Waals surface area contributed by atoms with Crippen LogP contribution in [-0.4, -0.2) is 31.2 Å². The highest BCUT2D eigenvalue weighted by Crippen LogP contribution is 2.22. The first-order chi connectivity index (χ1) is 9.70. The van der Waals surface area contributed by atoms with Crippen molar-refractivity contribution in [1.29, 1.82) is 0 Å². The van der Waals surface area contributed by atoms with Gasteiger partial charge in [-0.3, -0.25) is 9.69 Å². The van der Waals surface area contributed by atoms with Gasteiger partial charge in [0.25, 0.3) is 0 Å². The van der Waals surface area contributed by atoms with Crippen molar-refractivity contribution in [2.75, 3.05) is 18.0 Å². The molecule has 0 spiro atoms. The van der Waals surface area contributed by atoms with E-state index in [4.69, 9.17) is 4.74 Å². The Labute approximate surface area is 118 Å². The maximum atomic E-state index is 11.8. The zero-order chi connectivity index (χ0) is 14.4. The molecule has 2 rings (SSSR count). The quantitative estimate of drug-likeness (QED) is 0.867. The highest BCUT2D eigenvalue weighted by Gasteiger charge is 2.31.